The predicted octanol–water partition coefficient (Wildman–Crippen LogP) is 8.32. The molecule has 73 heavy (non-hydrogen) atoms. The Morgan fingerprint density at radius 2 is 1.00 bits per heavy atom. The number of carbonyl (C=O) groups is 4. The molecule has 4 fully saturated rings. The van der Waals surface area contributed by atoms with Crippen LogP contribution in [0.4, 0.5) is 0 Å². The SMILES string of the molecule is C[C@@]12OC(=O)[C@]1([C@@H](O)[C@@H]1C=CCCC1)CC(=O)[C@@H]2CCO.C[C@@]12OC(=O)[C@]1([C@@H](O)[C@@H]1C=CCCC1)CC(=O)[C@@H]2CCOS(=O)(=O)c1ccc(-c2ccccc2)cc1.O=S(=O)(Cl)c1ccc(-c2ccccc2)cc1. The molecule has 0 amide bonds. The molecule has 0 spiro atoms. The van der Waals surface area contributed by atoms with E-state index < -0.39 is 77.2 Å². The maximum Gasteiger partial charge on any atom is 0.319 e. The molecule has 4 aliphatic carbocycles. The number of hydrogen-bond acceptors (Lipinski definition) is 14. The van der Waals surface area contributed by atoms with Crippen molar-refractivity contribution in [3.8, 4) is 22.3 Å². The van der Waals surface area contributed by atoms with Crippen molar-refractivity contribution in [1.29, 1.82) is 0 Å². The summed E-state index contributed by atoms with van der Waals surface area (Å²) in [5, 5.41) is 31.2. The number of ketones is 2. The molecule has 4 aromatic carbocycles. The summed E-state index contributed by atoms with van der Waals surface area (Å²) in [4.78, 5) is 50.3. The van der Waals surface area contributed by atoms with Crippen molar-refractivity contribution >= 4 is 53.4 Å². The normalized spacial score (nSPS) is 29.9. The molecule has 2 aliphatic heterocycles. The Morgan fingerprint density at radius 3 is 1.37 bits per heavy atom. The lowest BCUT2D eigenvalue weighted by Gasteiger charge is -2.55. The first-order valence-electron chi connectivity index (χ1n) is 24.7. The van der Waals surface area contributed by atoms with Gasteiger partial charge in [0.15, 0.2) is 0 Å². The fourth-order valence-electron chi connectivity index (χ4n) is 11.9. The molecule has 0 radical (unpaired) electrons. The first kappa shape index (κ1) is 53.9. The van der Waals surface area contributed by atoms with Gasteiger partial charge in [0.25, 0.3) is 19.2 Å². The van der Waals surface area contributed by atoms with Gasteiger partial charge >= 0.3 is 11.9 Å². The van der Waals surface area contributed by atoms with Crippen molar-refractivity contribution in [2.24, 2.45) is 34.5 Å². The van der Waals surface area contributed by atoms with Gasteiger partial charge in [-0.05, 0) is 112 Å². The molecule has 14 nitrogen and oxygen atoms in total. The Hall–Kier alpha value is -5.33. The minimum Gasteiger partial charge on any atom is -0.457 e. The van der Waals surface area contributed by atoms with Crippen molar-refractivity contribution < 1.29 is 65.0 Å². The summed E-state index contributed by atoms with van der Waals surface area (Å²) < 4.78 is 63.8. The molecule has 6 aliphatic rings. The van der Waals surface area contributed by atoms with Gasteiger partial charge in [0.1, 0.15) is 33.6 Å². The average Bonchev–Trinajstić information content (AvgIpc) is 3.69. The van der Waals surface area contributed by atoms with Crippen LogP contribution in [0.15, 0.2) is 143 Å². The molecule has 4 aromatic rings. The highest BCUT2D eigenvalue weighted by Gasteiger charge is 2.79. The van der Waals surface area contributed by atoms with E-state index in [1.165, 1.54) is 24.3 Å². The van der Waals surface area contributed by atoms with Crippen LogP contribution < -0.4 is 0 Å². The van der Waals surface area contributed by atoms with E-state index in [1.54, 1.807) is 38.1 Å². The Balaban J connectivity index is 0.000000162. The molecule has 0 aromatic heterocycles. The number of fused-ring (bicyclic) bond motifs is 2. The Morgan fingerprint density at radius 1 is 0.603 bits per heavy atom. The smallest absolute Gasteiger partial charge is 0.319 e. The molecule has 3 N–H and O–H groups in total. The monoisotopic (exact) mass is 1060 g/mol. The van der Waals surface area contributed by atoms with Crippen LogP contribution in [0.2, 0.25) is 0 Å². The third-order valence-corrected chi connectivity index (χ3v) is 18.8. The first-order chi connectivity index (χ1) is 34.7. The third-order valence-electron chi connectivity index (χ3n) is 16.1. The number of halogens is 1. The van der Waals surface area contributed by atoms with Crippen LogP contribution in [0.3, 0.4) is 0 Å². The minimum atomic E-state index is -4.04. The Bertz CT molecular complexity index is 2970. The van der Waals surface area contributed by atoms with Crippen LogP contribution >= 0.6 is 10.7 Å². The quantitative estimate of drug-likeness (QED) is 0.0468. The maximum atomic E-state index is 13.0. The second-order valence-electron chi connectivity index (χ2n) is 20.1. The lowest BCUT2D eigenvalue weighted by atomic mass is 9.60. The van der Waals surface area contributed by atoms with Gasteiger partial charge in [0, 0.05) is 42.0 Å². The molecule has 2 saturated heterocycles. The van der Waals surface area contributed by atoms with Crippen LogP contribution in [0.1, 0.15) is 78.1 Å². The number of esters is 2. The zero-order valence-corrected chi connectivity index (χ0v) is 43.1. The number of aliphatic hydroxyl groups excluding tert-OH is 3. The Kier molecular flexibility index (Phi) is 15.9. The minimum absolute atomic E-state index is 0.0232. The van der Waals surface area contributed by atoms with Gasteiger partial charge in [-0.25, -0.2) is 8.42 Å². The highest BCUT2D eigenvalue weighted by atomic mass is 35.7. The van der Waals surface area contributed by atoms with Gasteiger partial charge in [0.05, 0.1) is 40.4 Å². The molecule has 2 saturated carbocycles. The van der Waals surface area contributed by atoms with Gasteiger partial charge in [-0.2, -0.15) is 8.42 Å². The second-order valence-corrected chi connectivity index (χ2v) is 24.2. The van der Waals surface area contributed by atoms with E-state index in [1.807, 2.05) is 85.0 Å². The molecule has 388 valence electrons. The average molecular weight is 1060 g/mol. The fourth-order valence-corrected chi connectivity index (χ4v) is 13.6. The van der Waals surface area contributed by atoms with E-state index in [0.29, 0.717) is 0 Å². The summed E-state index contributed by atoms with van der Waals surface area (Å²) >= 11 is 0. The standard InChI is InChI=1S/C28H30O7S.C16H22O5.C12H9ClO2S/c1-27-23(24(29)18-28(27,26(31)35-27)25(30)21-10-6-3-7-11-21)16-17-34-36(32,33)22-14-12-20(13-15-22)19-8-4-2-5-9-19;1-15-11(7-8-17)12(18)9-16(15,14(20)21-15)13(19)10-5-3-2-4-6-10;13-16(14,15)12-8-6-11(7-9-12)10-4-2-1-3-5-10/h2,4-6,8-10,12-15,21,23,25,30H,3,7,11,16-18H2,1H3;3,5,10-11,13,17,19H,2,4,6-9H2,1H3;1-9H/t21-,23+,25+,27+,28-;10-,11+,13+,15+,16-;/m11./s1. The van der Waals surface area contributed by atoms with Crippen molar-refractivity contribution in [3.05, 3.63) is 133 Å². The van der Waals surface area contributed by atoms with Gasteiger partial charge < -0.3 is 24.8 Å². The number of carbonyl (C=O) groups excluding carboxylic acids is 4. The fraction of sp³-hybridized carbons (Fsp3) is 0.429. The highest BCUT2D eigenvalue weighted by Crippen LogP contribution is 2.64. The summed E-state index contributed by atoms with van der Waals surface area (Å²) in [6.07, 6.45) is 11.6. The van der Waals surface area contributed by atoms with E-state index in [4.69, 9.17) is 29.4 Å². The van der Waals surface area contributed by atoms with E-state index in [0.717, 1.165) is 60.8 Å². The molecular formula is C56H61ClO14S2. The van der Waals surface area contributed by atoms with Gasteiger partial charge in [0.2, 0.25) is 0 Å². The van der Waals surface area contributed by atoms with E-state index in [2.05, 4.69) is 0 Å². The van der Waals surface area contributed by atoms with Crippen LogP contribution in [0, 0.1) is 34.5 Å². The van der Waals surface area contributed by atoms with Crippen LogP contribution in [-0.2, 0) is 52.0 Å². The van der Waals surface area contributed by atoms with Crippen molar-refractivity contribution in [2.45, 2.75) is 111 Å². The van der Waals surface area contributed by atoms with Crippen molar-refractivity contribution in [3.63, 3.8) is 0 Å². The molecular weight excluding hydrogens is 996 g/mol. The zero-order valence-electron chi connectivity index (χ0n) is 40.7. The second kappa shape index (κ2) is 21.5. The number of ether oxygens (including phenoxy) is 2. The van der Waals surface area contributed by atoms with E-state index in [-0.39, 0.29) is 72.1 Å². The summed E-state index contributed by atoms with van der Waals surface area (Å²) in [5.74, 6) is -2.90. The maximum absolute atomic E-state index is 13.0. The highest BCUT2D eigenvalue weighted by molar-refractivity contribution is 8.13. The van der Waals surface area contributed by atoms with Crippen molar-refractivity contribution in [1.82, 2.24) is 0 Å². The van der Waals surface area contributed by atoms with Gasteiger partial charge in [-0.3, -0.25) is 23.4 Å². The number of allylic oxidation sites excluding steroid dienone is 2. The van der Waals surface area contributed by atoms with Crippen LogP contribution in [0.5, 0.6) is 0 Å². The largest absolute Gasteiger partial charge is 0.457 e. The van der Waals surface area contributed by atoms with E-state index >= 15 is 0 Å². The first-order valence-corrected chi connectivity index (χ1v) is 28.4. The predicted molar refractivity (Wildman–Crippen MR) is 271 cm³/mol. The van der Waals surface area contributed by atoms with Gasteiger partial charge in [-0.1, -0.05) is 109 Å². The number of aliphatic hydroxyl groups is 3. The third kappa shape index (κ3) is 10.0. The molecule has 10 rings (SSSR count). The molecule has 2 heterocycles. The molecule has 10 atom stereocenters. The van der Waals surface area contributed by atoms with E-state index in [9.17, 15) is 46.2 Å². The molecule has 0 bridgehead atoms. The number of benzene rings is 4. The lowest BCUT2D eigenvalue weighted by molar-refractivity contribution is -0.264. The van der Waals surface area contributed by atoms with Crippen LogP contribution in [0.25, 0.3) is 22.3 Å². The van der Waals surface area contributed by atoms with Gasteiger partial charge in [-0.15, -0.1) is 0 Å². The number of rotatable bonds is 14. The summed E-state index contributed by atoms with van der Waals surface area (Å²) in [6, 6.07) is 32.2. The summed E-state index contributed by atoms with van der Waals surface area (Å²) in [5.41, 5.74) is -0.729. The number of hydrogen-bond donors (Lipinski definition) is 3. The van der Waals surface area contributed by atoms with Crippen molar-refractivity contribution in [2.75, 3.05) is 13.2 Å². The topological polar surface area (TPSA) is 225 Å². The molecule has 17 heteroatoms. The zero-order chi connectivity index (χ0) is 52.4. The summed E-state index contributed by atoms with van der Waals surface area (Å²) in [7, 11) is -2.44. The lowest BCUT2D eigenvalue weighted by Crippen LogP contribution is -2.70. The Labute approximate surface area is 431 Å². The summed E-state index contributed by atoms with van der Waals surface area (Å²) in [6.45, 7) is 3.05. The number of Topliss-reactive ketones (excluding diaryl/α,β-unsaturated/α-hetero) is 2. The van der Waals surface area contributed by atoms with Crippen LogP contribution in [-0.4, -0.2) is 92.3 Å². The molecule has 0 unspecified atom stereocenters.